The van der Waals surface area contributed by atoms with Gasteiger partial charge in [0.15, 0.2) is 6.10 Å². The highest BCUT2D eigenvalue weighted by atomic mass is 16.5. The third-order valence-corrected chi connectivity index (χ3v) is 2.68. The van der Waals surface area contributed by atoms with Crippen LogP contribution in [0, 0.1) is 5.92 Å². The third kappa shape index (κ3) is 5.18. The molecule has 1 aromatic carbocycles. The van der Waals surface area contributed by atoms with Crippen molar-refractivity contribution in [1.29, 1.82) is 0 Å². The van der Waals surface area contributed by atoms with E-state index in [4.69, 9.17) is 14.6 Å². The van der Waals surface area contributed by atoms with E-state index in [0.29, 0.717) is 12.3 Å². The lowest BCUT2D eigenvalue weighted by Crippen LogP contribution is -2.39. The largest absolute Gasteiger partial charge is 0.497 e. The first-order valence-corrected chi connectivity index (χ1v) is 6.26. The van der Waals surface area contributed by atoms with Gasteiger partial charge in [0.2, 0.25) is 0 Å². The topological polar surface area (TPSA) is 67.8 Å². The quantitative estimate of drug-likeness (QED) is 0.779. The Bertz CT molecular complexity index is 391. The molecular weight excluding hydrogens is 246 g/mol. The molecule has 0 saturated carbocycles. The summed E-state index contributed by atoms with van der Waals surface area (Å²) in [6.45, 7) is 4.03. The molecule has 5 heteroatoms. The highest BCUT2D eigenvalue weighted by Gasteiger charge is 2.15. The van der Waals surface area contributed by atoms with Crippen LogP contribution in [0.15, 0.2) is 24.3 Å². The fraction of sp³-hybridized carbons (Fsp3) is 0.500. The number of amides is 1. The first-order valence-electron chi connectivity index (χ1n) is 6.26. The second-order valence-corrected chi connectivity index (χ2v) is 4.47. The number of ether oxygens (including phenoxy) is 2. The molecule has 2 N–H and O–H groups in total. The van der Waals surface area contributed by atoms with Crippen LogP contribution in [-0.2, 0) is 4.79 Å². The molecule has 0 saturated heterocycles. The van der Waals surface area contributed by atoms with Crippen LogP contribution >= 0.6 is 0 Å². The molecule has 0 radical (unpaired) electrons. The van der Waals surface area contributed by atoms with E-state index in [1.807, 2.05) is 6.92 Å². The van der Waals surface area contributed by atoms with Gasteiger partial charge in [0.25, 0.3) is 5.91 Å². The van der Waals surface area contributed by atoms with Gasteiger partial charge in [0.05, 0.1) is 7.11 Å². The smallest absolute Gasteiger partial charge is 0.260 e. The van der Waals surface area contributed by atoms with Crippen molar-refractivity contribution in [3.05, 3.63) is 24.3 Å². The standard InChI is InChI=1S/C14H21NO4/c1-10(9-16)8-15-14(17)11(2)19-13-6-4-12(18-3)5-7-13/h4-7,10-11,16H,8-9H2,1-3H3,(H,15,17). The molecular formula is C14H21NO4. The molecule has 0 aromatic heterocycles. The Kier molecular flexibility index (Phi) is 6.15. The lowest BCUT2D eigenvalue weighted by Gasteiger charge is -2.16. The lowest BCUT2D eigenvalue weighted by molar-refractivity contribution is -0.127. The van der Waals surface area contributed by atoms with E-state index in [1.165, 1.54) is 0 Å². The van der Waals surface area contributed by atoms with Crippen molar-refractivity contribution in [2.45, 2.75) is 20.0 Å². The van der Waals surface area contributed by atoms with Crippen molar-refractivity contribution in [2.75, 3.05) is 20.3 Å². The van der Waals surface area contributed by atoms with Gasteiger partial charge in [0.1, 0.15) is 11.5 Å². The maximum Gasteiger partial charge on any atom is 0.260 e. The number of methoxy groups -OCH3 is 1. The van der Waals surface area contributed by atoms with Gasteiger partial charge in [-0.05, 0) is 37.1 Å². The van der Waals surface area contributed by atoms with Crippen molar-refractivity contribution < 1.29 is 19.4 Å². The summed E-state index contributed by atoms with van der Waals surface area (Å²) in [4.78, 5) is 11.7. The zero-order valence-electron chi connectivity index (χ0n) is 11.6. The number of carbonyl (C=O) groups is 1. The minimum Gasteiger partial charge on any atom is -0.497 e. The Morgan fingerprint density at radius 2 is 1.84 bits per heavy atom. The molecule has 2 unspecified atom stereocenters. The average Bonchev–Trinajstić information content (AvgIpc) is 2.44. The Morgan fingerprint density at radius 1 is 1.26 bits per heavy atom. The van der Waals surface area contributed by atoms with Gasteiger partial charge >= 0.3 is 0 Å². The van der Waals surface area contributed by atoms with Gasteiger partial charge in [-0.1, -0.05) is 6.92 Å². The summed E-state index contributed by atoms with van der Waals surface area (Å²) >= 11 is 0. The predicted octanol–water partition coefficient (Wildman–Crippen LogP) is 1.21. The number of carbonyl (C=O) groups excluding carboxylic acids is 1. The summed E-state index contributed by atoms with van der Waals surface area (Å²) in [6, 6.07) is 7.04. The highest BCUT2D eigenvalue weighted by molar-refractivity contribution is 5.80. The molecule has 5 nitrogen and oxygen atoms in total. The van der Waals surface area contributed by atoms with Crippen LogP contribution in [0.4, 0.5) is 0 Å². The number of rotatable bonds is 7. The van der Waals surface area contributed by atoms with Crippen molar-refractivity contribution >= 4 is 5.91 Å². The number of hydrogen-bond donors (Lipinski definition) is 2. The molecule has 0 heterocycles. The third-order valence-electron chi connectivity index (χ3n) is 2.68. The van der Waals surface area contributed by atoms with Crippen LogP contribution in [0.25, 0.3) is 0 Å². The molecule has 0 aliphatic rings. The fourth-order valence-electron chi connectivity index (χ4n) is 1.40. The van der Waals surface area contributed by atoms with Crippen LogP contribution in [0.3, 0.4) is 0 Å². The predicted molar refractivity (Wildman–Crippen MR) is 72.3 cm³/mol. The monoisotopic (exact) mass is 267 g/mol. The average molecular weight is 267 g/mol. The summed E-state index contributed by atoms with van der Waals surface area (Å²) in [5, 5.41) is 11.6. The minimum absolute atomic E-state index is 0.0390. The minimum atomic E-state index is -0.584. The Balaban J connectivity index is 2.44. The second-order valence-electron chi connectivity index (χ2n) is 4.47. The molecule has 2 atom stereocenters. The zero-order chi connectivity index (χ0) is 14.3. The van der Waals surface area contributed by atoms with Crippen LogP contribution in [0.1, 0.15) is 13.8 Å². The van der Waals surface area contributed by atoms with Gasteiger partial charge in [-0.25, -0.2) is 0 Å². The summed E-state index contributed by atoms with van der Waals surface area (Å²) in [5.41, 5.74) is 0. The molecule has 1 amide bonds. The van der Waals surface area contributed by atoms with E-state index in [2.05, 4.69) is 5.32 Å². The van der Waals surface area contributed by atoms with E-state index >= 15 is 0 Å². The zero-order valence-corrected chi connectivity index (χ0v) is 11.6. The molecule has 1 rings (SSSR count). The molecule has 0 spiro atoms. The SMILES string of the molecule is COc1ccc(OC(C)C(=O)NCC(C)CO)cc1. The van der Waals surface area contributed by atoms with Crippen LogP contribution < -0.4 is 14.8 Å². The van der Waals surface area contributed by atoms with E-state index in [1.54, 1.807) is 38.3 Å². The Morgan fingerprint density at radius 3 is 2.37 bits per heavy atom. The molecule has 0 bridgehead atoms. The first-order chi connectivity index (χ1) is 9.06. The molecule has 0 aliphatic carbocycles. The number of aliphatic hydroxyl groups excluding tert-OH is 1. The maximum absolute atomic E-state index is 11.7. The summed E-state index contributed by atoms with van der Waals surface area (Å²) in [5.74, 6) is 1.19. The summed E-state index contributed by atoms with van der Waals surface area (Å²) < 4.78 is 10.6. The van der Waals surface area contributed by atoms with Crippen molar-refractivity contribution in [3.63, 3.8) is 0 Å². The summed E-state index contributed by atoms with van der Waals surface area (Å²) in [6.07, 6.45) is -0.584. The molecule has 0 aliphatic heterocycles. The number of hydrogen-bond acceptors (Lipinski definition) is 4. The maximum atomic E-state index is 11.7. The van der Waals surface area contributed by atoms with Gasteiger partial charge < -0.3 is 19.9 Å². The van der Waals surface area contributed by atoms with Gasteiger partial charge in [-0.2, -0.15) is 0 Å². The molecule has 106 valence electrons. The van der Waals surface area contributed by atoms with Crippen molar-refractivity contribution in [1.82, 2.24) is 5.32 Å². The van der Waals surface area contributed by atoms with Gasteiger partial charge in [-0.15, -0.1) is 0 Å². The van der Waals surface area contributed by atoms with Crippen LogP contribution in [0.5, 0.6) is 11.5 Å². The van der Waals surface area contributed by atoms with Crippen LogP contribution in [-0.4, -0.2) is 37.4 Å². The lowest BCUT2D eigenvalue weighted by atomic mass is 10.2. The molecule has 0 fully saturated rings. The number of benzene rings is 1. The van der Waals surface area contributed by atoms with Crippen molar-refractivity contribution in [3.8, 4) is 11.5 Å². The van der Waals surface area contributed by atoms with E-state index in [9.17, 15) is 4.79 Å². The van der Waals surface area contributed by atoms with Gasteiger partial charge in [-0.3, -0.25) is 4.79 Å². The van der Waals surface area contributed by atoms with E-state index < -0.39 is 6.10 Å². The first kappa shape index (κ1) is 15.3. The highest BCUT2D eigenvalue weighted by Crippen LogP contribution is 2.18. The van der Waals surface area contributed by atoms with E-state index in [0.717, 1.165) is 5.75 Å². The Labute approximate surface area is 113 Å². The number of aliphatic hydroxyl groups is 1. The number of nitrogens with one attached hydrogen (secondary N) is 1. The van der Waals surface area contributed by atoms with Crippen LogP contribution in [0.2, 0.25) is 0 Å². The summed E-state index contributed by atoms with van der Waals surface area (Å²) in [7, 11) is 1.59. The Hall–Kier alpha value is -1.75. The second kappa shape index (κ2) is 7.63. The molecule has 1 aromatic rings. The fourth-order valence-corrected chi connectivity index (χ4v) is 1.40. The van der Waals surface area contributed by atoms with E-state index in [-0.39, 0.29) is 18.4 Å². The normalized spacial score (nSPS) is 13.5. The molecule has 19 heavy (non-hydrogen) atoms. The van der Waals surface area contributed by atoms with Gasteiger partial charge in [0, 0.05) is 13.2 Å². The van der Waals surface area contributed by atoms with Crippen molar-refractivity contribution in [2.24, 2.45) is 5.92 Å².